The quantitative estimate of drug-likeness (QED) is 0.681. The molecule has 3 rings (SSSR count). The van der Waals surface area contributed by atoms with Crippen molar-refractivity contribution in [1.29, 1.82) is 0 Å². The molecule has 2 N–H and O–H groups in total. The van der Waals surface area contributed by atoms with Gasteiger partial charge in [0.15, 0.2) is 16.7 Å². The van der Waals surface area contributed by atoms with E-state index in [9.17, 15) is 0 Å². The van der Waals surface area contributed by atoms with Crippen LogP contribution < -0.4 is 19.9 Å². The van der Waals surface area contributed by atoms with E-state index >= 15 is 0 Å². The lowest BCUT2D eigenvalue weighted by Gasteiger charge is -2.07. The highest BCUT2D eigenvalue weighted by Gasteiger charge is 2.14. The van der Waals surface area contributed by atoms with Gasteiger partial charge < -0.3 is 19.9 Å². The Kier molecular flexibility index (Phi) is 3.04. The van der Waals surface area contributed by atoms with Gasteiger partial charge in [-0.15, -0.1) is 0 Å². The van der Waals surface area contributed by atoms with Gasteiger partial charge in [-0.1, -0.05) is 11.8 Å². The summed E-state index contributed by atoms with van der Waals surface area (Å²) in [7, 11) is 0. The Morgan fingerprint density at radius 1 is 1.21 bits per heavy atom. The molecule has 1 aromatic carbocycles. The average Bonchev–Trinajstić information content (AvgIpc) is 2.85. The van der Waals surface area contributed by atoms with Gasteiger partial charge in [-0.2, -0.15) is 4.98 Å². The number of rotatable bonds is 3. The van der Waals surface area contributed by atoms with Gasteiger partial charge in [0.1, 0.15) is 11.6 Å². The third-order valence-corrected chi connectivity index (χ3v) is 3.00. The molecule has 0 atom stereocenters. The Labute approximate surface area is 113 Å². The molecule has 19 heavy (non-hydrogen) atoms. The van der Waals surface area contributed by atoms with Gasteiger partial charge in [0.25, 0.3) is 0 Å². The van der Waals surface area contributed by atoms with E-state index < -0.39 is 0 Å². The van der Waals surface area contributed by atoms with E-state index in [0.29, 0.717) is 34.1 Å². The van der Waals surface area contributed by atoms with Crippen LogP contribution in [0.3, 0.4) is 0 Å². The molecule has 2 aromatic rings. The van der Waals surface area contributed by atoms with Crippen molar-refractivity contribution < 1.29 is 14.2 Å². The Morgan fingerprint density at radius 3 is 2.89 bits per heavy atom. The highest BCUT2D eigenvalue weighted by Crippen LogP contribution is 2.36. The van der Waals surface area contributed by atoms with Gasteiger partial charge in [-0.25, -0.2) is 4.98 Å². The fraction of sp³-hybridized carbons (Fsp3) is 0.167. The first-order valence-electron chi connectivity index (χ1n) is 5.50. The van der Waals surface area contributed by atoms with Gasteiger partial charge in [0.2, 0.25) is 12.7 Å². The number of thioether (sulfide) groups is 1. The third kappa shape index (κ3) is 2.50. The summed E-state index contributed by atoms with van der Waals surface area (Å²) >= 11 is 1.40. The van der Waals surface area contributed by atoms with Crippen LogP contribution >= 0.6 is 11.8 Å². The topological polar surface area (TPSA) is 79.5 Å². The lowest BCUT2D eigenvalue weighted by molar-refractivity contribution is 0.174. The molecule has 7 heteroatoms. The minimum Gasteiger partial charge on any atom is -0.454 e. The second-order valence-corrected chi connectivity index (χ2v) is 4.51. The molecule has 0 fully saturated rings. The van der Waals surface area contributed by atoms with Crippen LogP contribution in [0.25, 0.3) is 0 Å². The molecule has 1 aliphatic rings. The molecule has 98 valence electrons. The lowest BCUT2D eigenvalue weighted by Crippen LogP contribution is -1.97. The lowest BCUT2D eigenvalue weighted by atomic mass is 10.3. The summed E-state index contributed by atoms with van der Waals surface area (Å²) in [4.78, 5) is 8.28. The van der Waals surface area contributed by atoms with Crippen LogP contribution in [0.2, 0.25) is 0 Å². The van der Waals surface area contributed by atoms with Crippen LogP contribution in [0.15, 0.2) is 29.4 Å². The van der Waals surface area contributed by atoms with Crippen molar-refractivity contribution in [2.45, 2.75) is 5.16 Å². The summed E-state index contributed by atoms with van der Waals surface area (Å²) in [6.45, 7) is 0.232. The SMILES string of the molecule is CSc1nc(N)cc(Oc2ccc3c(c2)OCO3)n1. The molecule has 1 aromatic heterocycles. The molecule has 0 saturated carbocycles. The van der Waals surface area contributed by atoms with Crippen molar-refractivity contribution >= 4 is 17.6 Å². The van der Waals surface area contributed by atoms with E-state index in [0.717, 1.165) is 0 Å². The number of hydrogen-bond acceptors (Lipinski definition) is 7. The van der Waals surface area contributed by atoms with Gasteiger partial charge >= 0.3 is 0 Å². The smallest absolute Gasteiger partial charge is 0.231 e. The molecule has 0 unspecified atom stereocenters. The Hall–Kier alpha value is -2.15. The van der Waals surface area contributed by atoms with E-state index in [1.165, 1.54) is 11.8 Å². The highest BCUT2D eigenvalue weighted by atomic mass is 32.2. The Bertz CT molecular complexity index is 621. The van der Waals surface area contributed by atoms with E-state index in [4.69, 9.17) is 19.9 Å². The molecule has 0 amide bonds. The standard InChI is InChI=1S/C12H11N3O3S/c1-19-12-14-10(13)5-11(15-12)18-7-2-3-8-9(4-7)17-6-16-8/h2-5H,6H2,1H3,(H2,13,14,15). The van der Waals surface area contributed by atoms with Gasteiger partial charge in [-0.05, 0) is 18.4 Å². The van der Waals surface area contributed by atoms with Crippen LogP contribution in [0.5, 0.6) is 23.1 Å². The molecular formula is C12H11N3O3S. The average molecular weight is 277 g/mol. The first-order valence-corrected chi connectivity index (χ1v) is 6.73. The molecule has 1 aliphatic heterocycles. The summed E-state index contributed by atoms with van der Waals surface area (Å²) in [5.41, 5.74) is 5.69. The van der Waals surface area contributed by atoms with Crippen LogP contribution in [-0.2, 0) is 0 Å². The van der Waals surface area contributed by atoms with E-state index in [1.807, 2.05) is 6.26 Å². The van der Waals surface area contributed by atoms with E-state index in [1.54, 1.807) is 24.3 Å². The van der Waals surface area contributed by atoms with Crippen LogP contribution in [0, 0.1) is 0 Å². The van der Waals surface area contributed by atoms with Crippen LogP contribution in [0.4, 0.5) is 5.82 Å². The number of nitrogens with zero attached hydrogens (tertiary/aromatic N) is 2. The molecule has 0 spiro atoms. The number of anilines is 1. The zero-order valence-corrected chi connectivity index (χ0v) is 10.9. The Balaban J connectivity index is 1.86. The maximum Gasteiger partial charge on any atom is 0.231 e. The maximum atomic E-state index is 5.69. The predicted octanol–water partition coefficient (Wildman–Crippen LogP) is 2.30. The first kappa shape index (κ1) is 11.9. The van der Waals surface area contributed by atoms with Gasteiger partial charge in [0, 0.05) is 12.1 Å². The second kappa shape index (κ2) is 4.85. The number of benzene rings is 1. The number of ether oxygens (including phenoxy) is 3. The summed E-state index contributed by atoms with van der Waals surface area (Å²) in [5, 5.41) is 0.566. The molecule has 0 saturated heterocycles. The normalized spacial score (nSPS) is 12.5. The van der Waals surface area contributed by atoms with Crippen molar-refractivity contribution in [2.24, 2.45) is 0 Å². The monoisotopic (exact) mass is 277 g/mol. The fourth-order valence-corrected chi connectivity index (χ4v) is 2.00. The van der Waals surface area contributed by atoms with Crippen LogP contribution in [-0.4, -0.2) is 23.0 Å². The third-order valence-electron chi connectivity index (χ3n) is 2.45. The van der Waals surface area contributed by atoms with E-state index in [-0.39, 0.29) is 6.79 Å². The van der Waals surface area contributed by atoms with Crippen molar-refractivity contribution in [3.63, 3.8) is 0 Å². The molecule has 2 heterocycles. The zero-order valence-electron chi connectivity index (χ0n) is 10.1. The number of nitrogens with two attached hydrogens (primary N) is 1. The maximum absolute atomic E-state index is 5.69. The zero-order chi connectivity index (χ0) is 13.2. The molecule has 0 radical (unpaired) electrons. The van der Waals surface area contributed by atoms with Crippen LogP contribution in [0.1, 0.15) is 0 Å². The van der Waals surface area contributed by atoms with Gasteiger partial charge in [-0.3, -0.25) is 0 Å². The summed E-state index contributed by atoms with van der Waals surface area (Å²) in [6, 6.07) is 6.89. The molecule has 0 bridgehead atoms. The minimum absolute atomic E-state index is 0.232. The molecule has 0 aliphatic carbocycles. The summed E-state index contributed by atoms with van der Waals surface area (Å²) in [6.07, 6.45) is 1.87. The Morgan fingerprint density at radius 2 is 2.05 bits per heavy atom. The first-order chi connectivity index (χ1) is 9.24. The molecule has 6 nitrogen and oxygen atoms in total. The predicted molar refractivity (Wildman–Crippen MR) is 70.9 cm³/mol. The summed E-state index contributed by atoms with van der Waals surface area (Å²) in [5.74, 6) is 2.74. The largest absolute Gasteiger partial charge is 0.454 e. The fourth-order valence-electron chi connectivity index (χ4n) is 1.63. The number of hydrogen-bond donors (Lipinski definition) is 1. The number of fused-ring (bicyclic) bond motifs is 1. The van der Waals surface area contributed by atoms with Gasteiger partial charge in [0.05, 0.1) is 0 Å². The van der Waals surface area contributed by atoms with Crippen molar-refractivity contribution in [2.75, 3.05) is 18.8 Å². The van der Waals surface area contributed by atoms with Crippen molar-refractivity contribution in [3.05, 3.63) is 24.3 Å². The van der Waals surface area contributed by atoms with Crippen molar-refractivity contribution in [1.82, 2.24) is 9.97 Å². The number of nitrogen functional groups attached to an aromatic ring is 1. The second-order valence-electron chi connectivity index (χ2n) is 3.73. The molecular weight excluding hydrogens is 266 g/mol. The number of aromatic nitrogens is 2. The van der Waals surface area contributed by atoms with Crippen molar-refractivity contribution in [3.8, 4) is 23.1 Å². The summed E-state index contributed by atoms with van der Waals surface area (Å²) < 4.78 is 16.2. The minimum atomic E-state index is 0.232. The highest BCUT2D eigenvalue weighted by molar-refractivity contribution is 7.98. The van der Waals surface area contributed by atoms with E-state index in [2.05, 4.69) is 9.97 Å².